The molecule has 0 radical (unpaired) electrons. The Morgan fingerprint density at radius 2 is 1.95 bits per heavy atom. The highest BCUT2D eigenvalue weighted by Crippen LogP contribution is 2.21. The lowest BCUT2D eigenvalue weighted by Crippen LogP contribution is -2.56. The molecular formula is C15H32N4O. The fourth-order valence-electron chi connectivity index (χ4n) is 2.45. The summed E-state index contributed by atoms with van der Waals surface area (Å²) in [6, 6.07) is 0.366. The van der Waals surface area contributed by atoms with E-state index in [1.54, 1.807) is 0 Å². The molecule has 3 atom stereocenters. The molecule has 1 aliphatic heterocycles. The molecule has 1 fully saturated rings. The Bertz CT molecular complexity index is 320. The third-order valence-electron chi connectivity index (χ3n) is 3.92. The van der Waals surface area contributed by atoms with E-state index in [4.69, 9.17) is 10.5 Å². The minimum Gasteiger partial charge on any atom is -0.373 e. The van der Waals surface area contributed by atoms with Crippen LogP contribution >= 0.6 is 0 Å². The maximum atomic E-state index is 5.94. The molecule has 1 rings (SSSR count). The normalized spacial score (nSPS) is 27.4. The van der Waals surface area contributed by atoms with Crippen LogP contribution in [0, 0.1) is 0 Å². The fraction of sp³-hybridized carbons (Fsp3) is 0.933. The summed E-state index contributed by atoms with van der Waals surface area (Å²) in [6.07, 6.45) is 1.59. The molecule has 1 aliphatic rings. The third-order valence-corrected chi connectivity index (χ3v) is 3.92. The van der Waals surface area contributed by atoms with E-state index in [0.29, 0.717) is 18.5 Å². The van der Waals surface area contributed by atoms with Crippen molar-refractivity contribution in [2.45, 2.75) is 71.8 Å². The van der Waals surface area contributed by atoms with Crippen LogP contribution in [0.2, 0.25) is 0 Å². The Hall–Kier alpha value is -0.810. The van der Waals surface area contributed by atoms with Crippen molar-refractivity contribution >= 4 is 5.96 Å². The monoisotopic (exact) mass is 284 g/mol. The molecule has 0 saturated carbocycles. The Balaban J connectivity index is 2.57. The van der Waals surface area contributed by atoms with Crippen LogP contribution in [-0.2, 0) is 4.74 Å². The standard InChI is InChI=1S/C15H32N4O/c1-7-11(2)18-14(16)17-10-15(5,6)19-8-12(3)20-13(4)9-19/h11-13H,7-10H2,1-6H3,(H3,16,17,18). The van der Waals surface area contributed by atoms with Gasteiger partial charge in [0.25, 0.3) is 0 Å². The molecule has 0 aromatic carbocycles. The van der Waals surface area contributed by atoms with Crippen LogP contribution in [-0.4, -0.2) is 54.3 Å². The van der Waals surface area contributed by atoms with E-state index in [0.717, 1.165) is 19.5 Å². The molecule has 0 bridgehead atoms. The number of hydrogen-bond donors (Lipinski definition) is 2. The second kappa shape index (κ2) is 7.27. The number of ether oxygens (including phenoxy) is 1. The van der Waals surface area contributed by atoms with E-state index >= 15 is 0 Å². The smallest absolute Gasteiger partial charge is 0.188 e. The van der Waals surface area contributed by atoms with Crippen LogP contribution < -0.4 is 11.1 Å². The zero-order valence-corrected chi connectivity index (χ0v) is 13.9. The number of nitrogens with one attached hydrogen (secondary N) is 1. The zero-order chi connectivity index (χ0) is 15.3. The van der Waals surface area contributed by atoms with Crippen molar-refractivity contribution in [3.63, 3.8) is 0 Å². The van der Waals surface area contributed by atoms with Gasteiger partial charge in [-0.3, -0.25) is 9.89 Å². The lowest BCUT2D eigenvalue weighted by molar-refractivity contribution is -0.0939. The average Bonchev–Trinajstić information content (AvgIpc) is 2.35. The molecule has 0 aromatic heterocycles. The number of guanidine groups is 1. The van der Waals surface area contributed by atoms with E-state index in [1.807, 2.05) is 0 Å². The van der Waals surface area contributed by atoms with E-state index in [1.165, 1.54) is 0 Å². The van der Waals surface area contributed by atoms with Gasteiger partial charge in [-0.15, -0.1) is 0 Å². The average molecular weight is 284 g/mol. The van der Waals surface area contributed by atoms with Gasteiger partial charge in [-0.05, 0) is 41.0 Å². The molecule has 0 aromatic rings. The number of morpholine rings is 1. The minimum atomic E-state index is -0.00590. The second-order valence-electron chi connectivity index (χ2n) is 6.63. The van der Waals surface area contributed by atoms with E-state index in [-0.39, 0.29) is 17.7 Å². The van der Waals surface area contributed by atoms with E-state index < -0.39 is 0 Å². The van der Waals surface area contributed by atoms with Crippen molar-refractivity contribution in [1.29, 1.82) is 0 Å². The third kappa shape index (κ3) is 5.29. The summed E-state index contributed by atoms with van der Waals surface area (Å²) in [4.78, 5) is 6.96. The first kappa shape index (κ1) is 17.2. The molecule has 20 heavy (non-hydrogen) atoms. The van der Waals surface area contributed by atoms with Crippen LogP contribution in [0.15, 0.2) is 4.99 Å². The number of nitrogens with zero attached hydrogens (tertiary/aromatic N) is 2. The van der Waals surface area contributed by atoms with Crippen molar-refractivity contribution in [1.82, 2.24) is 10.2 Å². The summed E-state index contributed by atoms with van der Waals surface area (Å²) >= 11 is 0. The highest BCUT2D eigenvalue weighted by molar-refractivity contribution is 5.78. The van der Waals surface area contributed by atoms with Crippen LogP contribution in [0.5, 0.6) is 0 Å². The number of aliphatic imine (C=N–C) groups is 1. The molecule has 3 unspecified atom stereocenters. The van der Waals surface area contributed by atoms with Crippen molar-refractivity contribution < 1.29 is 4.74 Å². The highest BCUT2D eigenvalue weighted by atomic mass is 16.5. The molecule has 0 aliphatic carbocycles. The van der Waals surface area contributed by atoms with Crippen molar-refractivity contribution in [3.8, 4) is 0 Å². The first-order valence-electron chi connectivity index (χ1n) is 7.71. The van der Waals surface area contributed by atoms with Gasteiger partial charge in [0, 0.05) is 24.7 Å². The molecule has 0 amide bonds. The van der Waals surface area contributed by atoms with Crippen LogP contribution in [0.25, 0.3) is 0 Å². The van der Waals surface area contributed by atoms with E-state index in [2.05, 4.69) is 56.8 Å². The molecule has 1 heterocycles. The van der Waals surface area contributed by atoms with Crippen LogP contribution in [0.4, 0.5) is 0 Å². The lowest BCUT2D eigenvalue weighted by atomic mass is 10.0. The summed E-state index contributed by atoms with van der Waals surface area (Å²) in [5, 5.41) is 3.21. The van der Waals surface area contributed by atoms with Crippen LogP contribution in [0.1, 0.15) is 48.0 Å². The predicted octanol–water partition coefficient (Wildman–Crippen LogP) is 1.58. The predicted molar refractivity (Wildman–Crippen MR) is 85.0 cm³/mol. The van der Waals surface area contributed by atoms with Crippen molar-refractivity contribution in [2.75, 3.05) is 19.6 Å². The van der Waals surface area contributed by atoms with Crippen molar-refractivity contribution in [3.05, 3.63) is 0 Å². The molecule has 1 saturated heterocycles. The van der Waals surface area contributed by atoms with Gasteiger partial charge in [0.2, 0.25) is 0 Å². The van der Waals surface area contributed by atoms with Gasteiger partial charge in [-0.25, -0.2) is 0 Å². The van der Waals surface area contributed by atoms with Crippen molar-refractivity contribution in [2.24, 2.45) is 10.7 Å². The number of rotatable bonds is 5. The Morgan fingerprint density at radius 1 is 1.40 bits per heavy atom. The van der Waals surface area contributed by atoms with Gasteiger partial charge in [0.15, 0.2) is 5.96 Å². The fourth-order valence-corrected chi connectivity index (χ4v) is 2.45. The molecule has 5 heteroatoms. The summed E-state index contributed by atoms with van der Waals surface area (Å²) in [6.45, 7) is 15.5. The Labute approximate surface area is 124 Å². The molecule has 5 nitrogen and oxygen atoms in total. The molecule has 0 spiro atoms. The number of hydrogen-bond acceptors (Lipinski definition) is 3. The first-order chi connectivity index (χ1) is 9.24. The quantitative estimate of drug-likeness (QED) is 0.594. The van der Waals surface area contributed by atoms with Gasteiger partial charge >= 0.3 is 0 Å². The molecule has 3 N–H and O–H groups in total. The van der Waals surface area contributed by atoms with Gasteiger partial charge in [0.05, 0.1) is 18.8 Å². The maximum absolute atomic E-state index is 5.94. The van der Waals surface area contributed by atoms with Crippen LogP contribution in [0.3, 0.4) is 0 Å². The first-order valence-corrected chi connectivity index (χ1v) is 7.71. The molecular weight excluding hydrogens is 252 g/mol. The zero-order valence-electron chi connectivity index (χ0n) is 13.9. The summed E-state index contributed by atoms with van der Waals surface area (Å²) < 4.78 is 5.79. The maximum Gasteiger partial charge on any atom is 0.188 e. The Morgan fingerprint density at radius 3 is 2.45 bits per heavy atom. The minimum absolute atomic E-state index is 0.00590. The largest absolute Gasteiger partial charge is 0.373 e. The SMILES string of the molecule is CCC(C)NC(N)=NCC(C)(C)N1CC(C)OC(C)C1. The molecule has 118 valence electrons. The van der Waals surface area contributed by atoms with Gasteiger partial charge in [-0.2, -0.15) is 0 Å². The summed E-state index contributed by atoms with van der Waals surface area (Å²) in [5.41, 5.74) is 5.93. The van der Waals surface area contributed by atoms with Gasteiger partial charge in [0.1, 0.15) is 0 Å². The summed E-state index contributed by atoms with van der Waals surface area (Å²) in [7, 11) is 0. The van der Waals surface area contributed by atoms with Gasteiger partial charge in [-0.1, -0.05) is 6.92 Å². The lowest BCUT2D eigenvalue weighted by Gasteiger charge is -2.44. The second-order valence-corrected chi connectivity index (χ2v) is 6.63. The Kier molecular flexibility index (Phi) is 6.27. The highest BCUT2D eigenvalue weighted by Gasteiger charge is 2.33. The summed E-state index contributed by atoms with van der Waals surface area (Å²) in [5.74, 6) is 0.543. The van der Waals surface area contributed by atoms with E-state index in [9.17, 15) is 0 Å². The topological polar surface area (TPSA) is 62.9 Å². The van der Waals surface area contributed by atoms with Gasteiger partial charge < -0.3 is 15.8 Å². The number of nitrogens with two attached hydrogens (primary N) is 1.